The number of nitrogens with one attached hydrogen (secondary N) is 2. The summed E-state index contributed by atoms with van der Waals surface area (Å²) in [5, 5.41) is 14.9. The second kappa shape index (κ2) is 9.25. The van der Waals surface area contributed by atoms with Crippen molar-refractivity contribution in [3.8, 4) is 11.1 Å². The Morgan fingerprint density at radius 2 is 1.64 bits per heavy atom. The number of fused-ring (bicyclic) bond motifs is 3. The quantitative estimate of drug-likeness (QED) is 0.537. The fourth-order valence-corrected chi connectivity index (χ4v) is 4.63. The molecule has 1 fully saturated rings. The molecule has 0 spiro atoms. The predicted octanol–water partition coefficient (Wildman–Crippen LogP) is 3.92. The SMILES string of the molecule is CCC(CNC(=O)OCC1c2ccccc2-c2ccccc21)C(=O)NC(C)(C(=O)O)C1CC1. The van der Waals surface area contributed by atoms with Gasteiger partial charge in [-0.3, -0.25) is 4.79 Å². The maximum absolute atomic E-state index is 12.7. The van der Waals surface area contributed by atoms with E-state index in [4.69, 9.17) is 4.74 Å². The fraction of sp³-hybridized carbons (Fsp3) is 0.423. The number of hydrogen-bond donors (Lipinski definition) is 3. The smallest absolute Gasteiger partial charge is 0.407 e. The molecule has 4 rings (SSSR count). The van der Waals surface area contributed by atoms with E-state index in [1.165, 1.54) is 0 Å². The van der Waals surface area contributed by atoms with Gasteiger partial charge >= 0.3 is 12.1 Å². The van der Waals surface area contributed by atoms with E-state index >= 15 is 0 Å². The third kappa shape index (κ3) is 4.58. The van der Waals surface area contributed by atoms with Gasteiger partial charge in [-0.2, -0.15) is 0 Å². The van der Waals surface area contributed by atoms with E-state index in [2.05, 4.69) is 34.9 Å². The first-order valence-corrected chi connectivity index (χ1v) is 11.5. The topological polar surface area (TPSA) is 105 Å². The van der Waals surface area contributed by atoms with Crippen molar-refractivity contribution in [3.05, 3.63) is 59.7 Å². The largest absolute Gasteiger partial charge is 0.480 e. The number of carbonyl (C=O) groups excluding carboxylic acids is 2. The highest BCUT2D eigenvalue weighted by atomic mass is 16.5. The predicted molar refractivity (Wildman–Crippen MR) is 124 cm³/mol. The summed E-state index contributed by atoms with van der Waals surface area (Å²) in [6.45, 7) is 3.66. The normalized spacial score (nSPS) is 17.3. The van der Waals surface area contributed by atoms with Crippen LogP contribution in [0.1, 0.15) is 50.2 Å². The molecule has 7 heteroatoms. The van der Waals surface area contributed by atoms with Crippen molar-refractivity contribution in [1.29, 1.82) is 0 Å². The number of carbonyl (C=O) groups is 3. The zero-order valence-electron chi connectivity index (χ0n) is 19.0. The number of alkyl carbamates (subject to hydrolysis) is 1. The molecule has 0 aliphatic heterocycles. The number of carboxylic acid groups (broad SMARTS) is 1. The lowest BCUT2D eigenvalue weighted by Gasteiger charge is -2.28. The molecule has 7 nitrogen and oxygen atoms in total. The minimum atomic E-state index is -1.27. The van der Waals surface area contributed by atoms with E-state index in [0.717, 1.165) is 35.1 Å². The van der Waals surface area contributed by atoms with E-state index < -0.39 is 23.5 Å². The van der Waals surface area contributed by atoms with E-state index in [1.54, 1.807) is 6.92 Å². The first-order valence-electron chi connectivity index (χ1n) is 11.5. The Morgan fingerprint density at radius 3 is 2.15 bits per heavy atom. The Balaban J connectivity index is 1.33. The summed E-state index contributed by atoms with van der Waals surface area (Å²) in [5.41, 5.74) is 3.30. The average Bonchev–Trinajstić information content (AvgIpc) is 3.62. The lowest BCUT2D eigenvalue weighted by atomic mass is 9.94. The molecule has 0 aromatic heterocycles. The number of rotatable bonds is 9. The zero-order valence-corrected chi connectivity index (χ0v) is 19.0. The summed E-state index contributed by atoms with van der Waals surface area (Å²) in [6.07, 6.45) is 1.46. The summed E-state index contributed by atoms with van der Waals surface area (Å²) >= 11 is 0. The molecule has 0 saturated heterocycles. The number of amides is 2. The van der Waals surface area contributed by atoms with Crippen molar-refractivity contribution in [1.82, 2.24) is 10.6 Å². The van der Waals surface area contributed by atoms with E-state index in [1.807, 2.05) is 31.2 Å². The van der Waals surface area contributed by atoms with Gasteiger partial charge in [-0.1, -0.05) is 55.5 Å². The van der Waals surface area contributed by atoms with Gasteiger partial charge in [0.1, 0.15) is 12.1 Å². The molecule has 2 aromatic rings. The van der Waals surface area contributed by atoms with Gasteiger partial charge in [0.15, 0.2) is 0 Å². The van der Waals surface area contributed by atoms with Crippen molar-refractivity contribution in [3.63, 3.8) is 0 Å². The first-order chi connectivity index (χ1) is 15.8. The molecular formula is C26H30N2O5. The van der Waals surface area contributed by atoms with Crippen LogP contribution < -0.4 is 10.6 Å². The van der Waals surface area contributed by atoms with Gasteiger partial charge in [0.2, 0.25) is 5.91 Å². The molecule has 33 heavy (non-hydrogen) atoms. The lowest BCUT2D eigenvalue weighted by molar-refractivity contribution is -0.148. The molecule has 0 radical (unpaired) electrons. The lowest BCUT2D eigenvalue weighted by Crippen LogP contribution is -2.56. The van der Waals surface area contributed by atoms with Crippen LogP contribution >= 0.6 is 0 Å². The molecule has 174 valence electrons. The van der Waals surface area contributed by atoms with Crippen LogP contribution in [0.3, 0.4) is 0 Å². The van der Waals surface area contributed by atoms with Crippen molar-refractivity contribution in [2.75, 3.05) is 13.2 Å². The summed E-state index contributed by atoms with van der Waals surface area (Å²) < 4.78 is 5.53. The van der Waals surface area contributed by atoms with Crippen LogP contribution in [-0.4, -0.2) is 41.8 Å². The number of aliphatic carboxylic acids is 1. The van der Waals surface area contributed by atoms with Gasteiger partial charge in [-0.05, 0) is 54.4 Å². The van der Waals surface area contributed by atoms with Gasteiger partial charge in [0.25, 0.3) is 0 Å². The molecule has 3 N–H and O–H groups in total. The van der Waals surface area contributed by atoms with E-state index in [0.29, 0.717) is 6.42 Å². The molecule has 0 bridgehead atoms. The Bertz CT molecular complexity index is 1020. The summed E-state index contributed by atoms with van der Waals surface area (Å²) in [6, 6.07) is 16.2. The van der Waals surface area contributed by atoms with Gasteiger partial charge in [0, 0.05) is 12.5 Å². The van der Waals surface area contributed by atoms with Gasteiger partial charge in [0.05, 0.1) is 5.92 Å². The zero-order chi connectivity index (χ0) is 23.6. The maximum atomic E-state index is 12.7. The standard InChI is InChI=1S/C26H30N2O5/c1-3-16(23(29)28-26(2,24(30)31)17-12-13-17)14-27-25(32)33-15-22-20-10-6-4-8-18(20)19-9-5-7-11-21(19)22/h4-11,16-17,22H,3,12-15H2,1-2H3,(H,27,32)(H,28,29)(H,30,31). The summed E-state index contributed by atoms with van der Waals surface area (Å²) in [7, 11) is 0. The molecule has 2 aliphatic carbocycles. The molecule has 2 unspecified atom stereocenters. The Hall–Kier alpha value is -3.35. The number of benzene rings is 2. The molecule has 2 atom stereocenters. The molecule has 0 heterocycles. The van der Waals surface area contributed by atoms with Crippen molar-refractivity contribution in [2.45, 2.75) is 44.6 Å². The molecule has 1 saturated carbocycles. The van der Waals surface area contributed by atoms with Gasteiger partial charge in [-0.25, -0.2) is 9.59 Å². The van der Waals surface area contributed by atoms with E-state index in [-0.39, 0.29) is 30.9 Å². The minimum Gasteiger partial charge on any atom is -0.480 e. The van der Waals surface area contributed by atoms with Crippen molar-refractivity contribution in [2.24, 2.45) is 11.8 Å². The second-order valence-corrected chi connectivity index (χ2v) is 9.08. The molecule has 2 aromatic carbocycles. The van der Waals surface area contributed by atoms with Crippen molar-refractivity contribution >= 4 is 18.0 Å². The monoisotopic (exact) mass is 450 g/mol. The summed E-state index contributed by atoms with van der Waals surface area (Å²) in [5.74, 6) is -2.02. The molecular weight excluding hydrogens is 420 g/mol. The Labute approximate surface area is 193 Å². The van der Waals surface area contributed by atoms with Crippen LogP contribution in [0.5, 0.6) is 0 Å². The van der Waals surface area contributed by atoms with Crippen LogP contribution in [0.15, 0.2) is 48.5 Å². The Kier molecular flexibility index (Phi) is 6.40. The van der Waals surface area contributed by atoms with E-state index in [9.17, 15) is 19.5 Å². The third-order valence-electron chi connectivity index (χ3n) is 6.92. The number of carboxylic acids is 1. The maximum Gasteiger partial charge on any atom is 0.407 e. The highest BCUT2D eigenvalue weighted by Gasteiger charge is 2.49. The Morgan fingerprint density at radius 1 is 1.06 bits per heavy atom. The molecule has 2 amide bonds. The van der Waals surface area contributed by atoms with Crippen molar-refractivity contribution < 1.29 is 24.2 Å². The highest BCUT2D eigenvalue weighted by Crippen LogP contribution is 2.44. The van der Waals surface area contributed by atoms with Crippen LogP contribution in [0.4, 0.5) is 4.79 Å². The second-order valence-electron chi connectivity index (χ2n) is 9.08. The third-order valence-corrected chi connectivity index (χ3v) is 6.92. The highest BCUT2D eigenvalue weighted by molar-refractivity contribution is 5.88. The van der Waals surface area contributed by atoms with Crippen LogP contribution in [0.25, 0.3) is 11.1 Å². The molecule has 2 aliphatic rings. The van der Waals surface area contributed by atoms with Crippen LogP contribution in [-0.2, 0) is 14.3 Å². The minimum absolute atomic E-state index is 0.0387. The van der Waals surface area contributed by atoms with Gasteiger partial charge < -0.3 is 20.5 Å². The first kappa shape index (κ1) is 22.8. The van der Waals surface area contributed by atoms with Crippen LogP contribution in [0, 0.1) is 11.8 Å². The number of ether oxygens (including phenoxy) is 1. The summed E-state index contributed by atoms with van der Waals surface area (Å²) in [4.78, 5) is 36.8. The average molecular weight is 451 g/mol. The number of hydrogen-bond acceptors (Lipinski definition) is 4. The van der Waals surface area contributed by atoms with Crippen LogP contribution in [0.2, 0.25) is 0 Å². The van der Waals surface area contributed by atoms with Gasteiger partial charge in [-0.15, -0.1) is 0 Å². The fourth-order valence-electron chi connectivity index (χ4n) is 4.63.